The molecule has 0 radical (unpaired) electrons. The highest BCUT2D eigenvalue weighted by Gasteiger charge is 2.04. The van der Waals surface area contributed by atoms with Gasteiger partial charge in [-0.2, -0.15) is 0 Å². The predicted octanol–water partition coefficient (Wildman–Crippen LogP) is 1.22. The summed E-state index contributed by atoms with van der Waals surface area (Å²) in [4.78, 5) is 0. The normalized spacial score (nSPS) is 13.3. The number of nitrogens with zero attached hydrogens (tertiary/aromatic N) is 3. The van der Waals surface area contributed by atoms with Crippen molar-refractivity contribution < 1.29 is 0 Å². The predicted molar refractivity (Wildman–Crippen MR) is 44.1 cm³/mol. The number of hydrogen-bond acceptors (Lipinski definition) is 3. The summed E-state index contributed by atoms with van der Waals surface area (Å²) < 4.78 is 1.80. The van der Waals surface area contributed by atoms with Gasteiger partial charge in [-0.25, -0.2) is 4.68 Å². The van der Waals surface area contributed by atoms with Gasteiger partial charge in [-0.1, -0.05) is 18.6 Å². The van der Waals surface area contributed by atoms with E-state index in [4.69, 9.17) is 5.73 Å². The molecule has 0 aliphatic rings. The molecule has 0 fully saturated rings. The molecule has 0 bridgehead atoms. The number of rotatable bonds is 3. The summed E-state index contributed by atoms with van der Waals surface area (Å²) in [5.41, 5.74) is 5.42. The summed E-state index contributed by atoms with van der Waals surface area (Å²) in [5.74, 6) is 0.493. The van der Waals surface area contributed by atoms with Crippen LogP contribution >= 0.6 is 0 Å². The van der Waals surface area contributed by atoms with Crippen LogP contribution in [0.3, 0.4) is 0 Å². The zero-order valence-electron chi connectivity index (χ0n) is 6.99. The van der Waals surface area contributed by atoms with Crippen molar-refractivity contribution in [2.75, 3.05) is 5.73 Å². The van der Waals surface area contributed by atoms with Crippen LogP contribution in [0.4, 0.5) is 5.82 Å². The standard InChI is InChI=1S/C7H14N4/c1-3-4-6(2)11-5-7(8)9-10-11/h5-6H,3-4,8H2,1-2H3. The largest absolute Gasteiger partial charge is 0.381 e. The highest BCUT2D eigenvalue weighted by molar-refractivity contribution is 5.19. The molecule has 0 saturated carbocycles. The van der Waals surface area contributed by atoms with Crippen LogP contribution in [0.15, 0.2) is 6.20 Å². The maximum absolute atomic E-state index is 5.42. The van der Waals surface area contributed by atoms with Crippen molar-refractivity contribution in [3.8, 4) is 0 Å². The molecule has 0 saturated heterocycles. The van der Waals surface area contributed by atoms with Gasteiger partial charge in [0.2, 0.25) is 0 Å². The Bertz CT molecular complexity index is 218. The van der Waals surface area contributed by atoms with Gasteiger partial charge in [0, 0.05) is 0 Å². The van der Waals surface area contributed by atoms with Gasteiger partial charge in [0.1, 0.15) is 0 Å². The van der Waals surface area contributed by atoms with Crippen molar-refractivity contribution in [2.24, 2.45) is 0 Å². The van der Waals surface area contributed by atoms with E-state index in [9.17, 15) is 0 Å². The van der Waals surface area contributed by atoms with Crippen LogP contribution < -0.4 is 5.73 Å². The Morgan fingerprint density at radius 2 is 2.45 bits per heavy atom. The molecule has 1 aromatic rings. The Kier molecular flexibility index (Phi) is 2.46. The number of aromatic nitrogens is 3. The van der Waals surface area contributed by atoms with E-state index in [1.165, 1.54) is 0 Å². The Morgan fingerprint density at radius 1 is 1.73 bits per heavy atom. The summed E-state index contributed by atoms with van der Waals surface area (Å²) in [5, 5.41) is 7.59. The third kappa shape index (κ3) is 1.93. The number of nitrogen functional groups attached to an aromatic ring is 1. The third-order valence-corrected chi connectivity index (χ3v) is 1.69. The Morgan fingerprint density at radius 3 is 2.91 bits per heavy atom. The van der Waals surface area contributed by atoms with E-state index in [0.717, 1.165) is 12.8 Å². The summed E-state index contributed by atoms with van der Waals surface area (Å²) >= 11 is 0. The molecule has 0 aliphatic heterocycles. The zero-order chi connectivity index (χ0) is 8.27. The van der Waals surface area contributed by atoms with Crippen molar-refractivity contribution >= 4 is 5.82 Å². The first kappa shape index (κ1) is 8.04. The quantitative estimate of drug-likeness (QED) is 0.712. The van der Waals surface area contributed by atoms with E-state index >= 15 is 0 Å². The van der Waals surface area contributed by atoms with Crippen LogP contribution in [-0.2, 0) is 0 Å². The van der Waals surface area contributed by atoms with Gasteiger partial charge in [-0.3, -0.25) is 0 Å². The van der Waals surface area contributed by atoms with Crippen LogP contribution in [-0.4, -0.2) is 15.0 Å². The van der Waals surface area contributed by atoms with Gasteiger partial charge in [-0.15, -0.1) is 5.10 Å². The summed E-state index contributed by atoms with van der Waals surface area (Å²) in [6.07, 6.45) is 4.03. The molecule has 1 aromatic heterocycles. The number of anilines is 1. The summed E-state index contributed by atoms with van der Waals surface area (Å²) in [6, 6.07) is 0.407. The van der Waals surface area contributed by atoms with Gasteiger partial charge < -0.3 is 5.73 Å². The zero-order valence-corrected chi connectivity index (χ0v) is 6.99. The molecule has 1 rings (SSSR count). The molecule has 0 aromatic carbocycles. The second kappa shape index (κ2) is 3.37. The minimum atomic E-state index is 0.407. The average Bonchev–Trinajstić information content (AvgIpc) is 2.36. The molecular formula is C7H14N4. The lowest BCUT2D eigenvalue weighted by atomic mass is 10.2. The van der Waals surface area contributed by atoms with Crippen LogP contribution in [0.25, 0.3) is 0 Å². The van der Waals surface area contributed by atoms with E-state index < -0.39 is 0 Å². The molecule has 0 spiro atoms. The molecule has 1 heterocycles. The van der Waals surface area contributed by atoms with Gasteiger partial charge in [-0.05, 0) is 13.3 Å². The molecule has 4 heteroatoms. The van der Waals surface area contributed by atoms with E-state index in [2.05, 4.69) is 24.2 Å². The minimum Gasteiger partial charge on any atom is -0.381 e. The summed E-state index contributed by atoms with van der Waals surface area (Å²) in [6.45, 7) is 4.26. The van der Waals surface area contributed by atoms with Crippen LogP contribution in [0.2, 0.25) is 0 Å². The number of nitrogens with two attached hydrogens (primary N) is 1. The molecule has 0 amide bonds. The van der Waals surface area contributed by atoms with Crippen molar-refractivity contribution in [1.29, 1.82) is 0 Å². The first-order valence-corrected chi connectivity index (χ1v) is 3.91. The van der Waals surface area contributed by atoms with Crippen LogP contribution in [0.5, 0.6) is 0 Å². The molecule has 2 N–H and O–H groups in total. The third-order valence-electron chi connectivity index (χ3n) is 1.69. The molecule has 4 nitrogen and oxygen atoms in total. The van der Waals surface area contributed by atoms with Crippen LogP contribution in [0, 0.1) is 0 Å². The fourth-order valence-corrected chi connectivity index (χ4v) is 1.06. The first-order chi connectivity index (χ1) is 5.24. The topological polar surface area (TPSA) is 56.7 Å². The fourth-order valence-electron chi connectivity index (χ4n) is 1.06. The van der Waals surface area contributed by atoms with Crippen molar-refractivity contribution in [2.45, 2.75) is 32.7 Å². The van der Waals surface area contributed by atoms with Gasteiger partial charge >= 0.3 is 0 Å². The highest BCUT2D eigenvalue weighted by Crippen LogP contribution is 2.11. The Labute approximate surface area is 66.4 Å². The molecule has 1 unspecified atom stereocenters. The maximum atomic E-state index is 5.42. The monoisotopic (exact) mass is 154 g/mol. The second-order valence-corrected chi connectivity index (χ2v) is 2.76. The van der Waals surface area contributed by atoms with E-state index in [0.29, 0.717) is 11.9 Å². The first-order valence-electron chi connectivity index (χ1n) is 3.91. The lowest BCUT2D eigenvalue weighted by Gasteiger charge is -2.07. The molecule has 11 heavy (non-hydrogen) atoms. The van der Waals surface area contributed by atoms with Crippen molar-refractivity contribution in [3.63, 3.8) is 0 Å². The Hall–Kier alpha value is -1.06. The SMILES string of the molecule is CCCC(C)n1cc(N)nn1. The van der Waals surface area contributed by atoms with Gasteiger partial charge in [0.05, 0.1) is 12.2 Å². The molecular weight excluding hydrogens is 140 g/mol. The van der Waals surface area contributed by atoms with E-state index in [1.54, 1.807) is 10.9 Å². The van der Waals surface area contributed by atoms with E-state index in [-0.39, 0.29) is 0 Å². The van der Waals surface area contributed by atoms with Gasteiger partial charge in [0.25, 0.3) is 0 Å². The van der Waals surface area contributed by atoms with Crippen molar-refractivity contribution in [3.05, 3.63) is 6.20 Å². The maximum Gasteiger partial charge on any atom is 0.165 e. The smallest absolute Gasteiger partial charge is 0.165 e. The highest BCUT2D eigenvalue weighted by atomic mass is 15.4. The number of hydrogen-bond donors (Lipinski definition) is 1. The molecule has 1 atom stereocenters. The summed E-state index contributed by atoms with van der Waals surface area (Å²) in [7, 11) is 0. The van der Waals surface area contributed by atoms with E-state index in [1.807, 2.05) is 0 Å². The molecule has 62 valence electrons. The van der Waals surface area contributed by atoms with Crippen molar-refractivity contribution in [1.82, 2.24) is 15.0 Å². The minimum absolute atomic E-state index is 0.407. The average molecular weight is 154 g/mol. The lowest BCUT2D eigenvalue weighted by Crippen LogP contribution is -2.05. The second-order valence-electron chi connectivity index (χ2n) is 2.76. The lowest BCUT2D eigenvalue weighted by molar-refractivity contribution is 0.443. The molecule has 0 aliphatic carbocycles. The van der Waals surface area contributed by atoms with Crippen LogP contribution in [0.1, 0.15) is 32.7 Å². The van der Waals surface area contributed by atoms with Gasteiger partial charge in [0.15, 0.2) is 5.82 Å². The fraction of sp³-hybridized carbons (Fsp3) is 0.714. The Balaban J connectivity index is 2.60.